The molecule has 0 aliphatic rings. The molecule has 0 spiro atoms. The van der Waals surface area contributed by atoms with Gasteiger partial charge in [0.15, 0.2) is 6.61 Å². The lowest BCUT2D eigenvalue weighted by atomic mass is 9.94. The van der Waals surface area contributed by atoms with Gasteiger partial charge in [-0.25, -0.2) is 9.67 Å². The topological polar surface area (TPSA) is 102 Å². The lowest BCUT2D eigenvalue weighted by molar-refractivity contribution is -0.132. The highest BCUT2D eigenvalue weighted by Gasteiger charge is 2.27. The fourth-order valence-electron chi connectivity index (χ4n) is 4.35. The third kappa shape index (κ3) is 7.84. The van der Waals surface area contributed by atoms with Crippen molar-refractivity contribution in [3.63, 3.8) is 0 Å². The van der Waals surface area contributed by atoms with Crippen LogP contribution >= 0.6 is 0 Å². The molecular weight excluding hydrogens is 518 g/mol. The smallest absolute Gasteiger partial charge is 0.255 e. The minimum absolute atomic E-state index is 0.0775. The van der Waals surface area contributed by atoms with E-state index in [9.17, 15) is 9.59 Å². The van der Waals surface area contributed by atoms with Gasteiger partial charge in [-0.2, -0.15) is 5.10 Å². The van der Waals surface area contributed by atoms with Crippen LogP contribution < -0.4 is 10.1 Å². The van der Waals surface area contributed by atoms with Crippen LogP contribution in [0.25, 0.3) is 5.69 Å². The number of hydrogen-bond acceptors (Lipinski definition) is 6. The van der Waals surface area contributed by atoms with E-state index in [0.717, 1.165) is 17.0 Å². The number of likely N-dealkylation sites (N-methyl/N-ethyl adjacent to an activating group) is 1. The van der Waals surface area contributed by atoms with Gasteiger partial charge in [-0.1, -0.05) is 65.0 Å². The van der Waals surface area contributed by atoms with Crippen LogP contribution in [0.2, 0.25) is 0 Å². The Labute approximate surface area is 241 Å². The fourth-order valence-corrected chi connectivity index (χ4v) is 4.35. The van der Waals surface area contributed by atoms with Gasteiger partial charge in [-0.3, -0.25) is 9.59 Å². The lowest BCUT2D eigenvalue weighted by Crippen LogP contribution is -2.47. The highest BCUT2D eigenvalue weighted by molar-refractivity contribution is 5.99. The molecule has 4 aromatic rings. The van der Waals surface area contributed by atoms with Crippen molar-refractivity contribution in [2.24, 2.45) is 5.92 Å². The summed E-state index contributed by atoms with van der Waals surface area (Å²) in [6.45, 7) is 10.6. The zero-order chi connectivity index (χ0) is 29.6. The molecule has 0 aliphatic carbocycles. The summed E-state index contributed by atoms with van der Waals surface area (Å²) in [6.07, 6.45) is 5.84. The van der Waals surface area contributed by atoms with Crippen LogP contribution in [0.3, 0.4) is 0 Å². The summed E-state index contributed by atoms with van der Waals surface area (Å²) < 4.78 is 13.5. The minimum Gasteiger partial charge on any atom is -0.483 e. The van der Waals surface area contributed by atoms with Crippen molar-refractivity contribution in [2.75, 3.05) is 7.05 Å². The Hall–Kier alpha value is -4.40. The average Bonchev–Trinajstić information content (AvgIpc) is 3.61. The number of benzene rings is 2. The SMILES string of the molecule is CC(C)C[C@@H](NC(=O)c1ccccc1OCc1ncc(C(C)(C)C)o1)C(=O)N(C)Cc1cnn(-c2ccccc2)c1. The predicted molar refractivity (Wildman–Crippen MR) is 157 cm³/mol. The molecule has 9 heteroatoms. The Kier molecular flexibility index (Phi) is 9.27. The third-order valence-electron chi connectivity index (χ3n) is 6.54. The molecule has 0 saturated carbocycles. The van der Waals surface area contributed by atoms with E-state index in [4.69, 9.17) is 9.15 Å². The number of rotatable bonds is 11. The van der Waals surface area contributed by atoms with Crippen LogP contribution in [0.1, 0.15) is 68.6 Å². The van der Waals surface area contributed by atoms with Crippen molar-refractivity contribution in [1.29, 1.82) is 0 Å². The first kappa shape index (κ1) is 29.6. The monoisotopic (exact) mass is 557 g/mol. The molecule has 1 atom stereocenters. The number of nitrogens with zero attached hydrogens (tertiary/aromatic N) is 4. The molecule has 0 radical (unpaired) electrons. The second-order valence-corrected chi connectivity index (χ2v) is 11.6. The summed E-state index contributed by atoms with van der Waals surface area (Å²) in [4.78, 5) is 32.9. The van der Waals surface area contributed by atoms with E-state index in [1.165, 1.54) is 0 Å². The average molecular weight is 558 g/mol. The Balaban J connectivity index is 1.43. The summed E-state index contributed by atoms with van der Waals surface area (Å²) in [7, 11) is 1.74. The van der Waals surface area contributed by atoms with E-state index < -0.39 is 6.04 Å². The summed E-state index contributed by atoms with van der Waals surface area (Å²) in [5.41, 5.74) is 2.00. The van der Waals surface area contributed by atoms with Gasteiger partial charge >= 0.3 is 0 Å². The van der Waals surface area contributed by atoms with Crippen molar-refractivity contribution in [3.8, 4) is 11.4 Å². The van der Waals surface area contributed by atoms with E-state index in [-0.39, 0.29) is 29.8 Å². The molecule has 9 nitrogen and oxygen atoms in total. The molecule has 0 saturated heterocycles. The third-order valence-corrected chi connectivity index (χ3v) is 6.54. The lowest BCUT2D eigenvalue weighted by Gasteiger charge is -2.26. The maximum atomic E-state index is 13.5. The van der Waals surface area contributed by atoms with E-state index in [2.05, 4.69) is 15.4 Å². The first-order valence-electron chi connectivity index (χ1n) is 13.8. The van der Waals surface area contributed by atoms with Gasteiger partial charge in [0.25, 0.3) is 5.91 Å². The van der Waals surface area contributed by atoms with E-state index >= 15 is 0 Å². The van der Waals surface area contributed by atoms with Gasteiger partial charge in [-0.15, -0.1) is 0 Å². The molecule has 4 rings (SSSR count). The van der Waals surface area contributed by atoms with Gasteiger partial charge in [0.2, 0.25) is 11.8 Å². The summed E-state index contributed by atoms with van der Waals surface area (Å²) in [5, 5.41) is 7.38. The quantitative estimate of drug-likeness (QED) is 0.260. The molecule has 0 aliphatic heterocycles. The molecule has 2 heterocycles. The van der Waals surface area contributed by atoms with Crippen LogP contribution in [-0.2, 0) is 23.4 Å². The summed E-state index contributed by atoms with van der Waals surface area (Å²) in [5.74, 6) is 1.20. The van der Waals surface area contributed by atoms with Crippen molar-refractivity contribution >= 4 is 11.8 Å². The van der Waals surface area contributed by atoms with Gasteiger partial charge in [0.1, 0.15) is 17.6 Å². The largest absolute Gasteiger partial charge is 0.483 e. The number of ether oxygens (including phenoxy) is 1. The number of carbonyl (C=O) groups excluding carboxylic acids is 2. The van der Waals surface area contributed by atoms with E-state index in [1.54, 1.807) is 53.3 Å². The molecule has 2 aromatic carbocycles. The van der Waals surface area contributed by atoms with Crippen molar-refractivity contribution in [3.05, 3.63) is 96.0 Å². The molecule has 0 fully saturated rings. The molecular formula is C32H39N5O4. The summed E-state index contributed by atoms with van der Waals surface area (Å²) in [6, 6.07) is 16.0. The normalized spacial score (nSPS) is 12.3. The van der Waals surface area contributed by atoms with Crippen molar-refractivity contribution in [1.82, 2.24) is 25.0 Å². The maximum Gasteiger partial charge on any atom is 0.255 e. The first-order chi connectivity index (χ1) is 19.5. The fraction of sp³-hybridized carbons (Fsp3) is 0.375. The predicted octanol–water partition coefficient (Wildman–Crippen LogP) is 5.54. The number of hydrogen-bond donors (Lipinski definition) is 1. The zero-order valence-electron chi connectivity index (χ0n) is 24.6. The zero-order valence-corrected chi connectivity index (χ0v) is 24.6. The van der Waals surface area contributed by atoms with Crippen LogP contribution in [-0.4, -0.2) is 44.6 Å². The van der Waals surface area contributed by atoms with Crippen LogP contribution in [0.4, 0.5) is 0 Å². The van der Waals surface area contributed by atoms with Gasteiger partial charge in [-0.05, 0) is 36.6 Å². The van der Waals surface area contributed by atoms with Gasteiger partial charge in [0.05, 0.1) is 23.6 Å². The minimum atomic E-state index is -0.703. The number of amides is 2. The van der Waals surface area contributed by atoms with E-state index in [1.807, 2.05) is 71.1 Å². The standard InChI is InChI=1S/C32H39N5O4/c1-22(2)16-26(31(39)36(6)19-23-17-34-37(20-23)24-12-8-7-9-13-24)35-30(38)25-14-10-11-15-27(25)40-21-29-33-18-28(41-29)32(3,4)5/h7-15,17-18,20,22,26H,16,19,21H2,1-6H3,(H,35,38)/t26-/m1/s1. The highest BCUT2D eigenvalue weighted by Crippen LogP contribution is 2.24. The molecule has 2 aromatic heterocycles. The van der Waals surface area contributed by atoms with Crippen LogP contribution in [0.5, 0.6) is 5.75 Å². The Bertz CT molecular complexity index is 1450. The molecule has 216 valence electrons. The van der Waals surface area contributed by atoms with Crippen molar-refractivity contribution < 1.29 is 18.7 Å². The molecule has 41 heavy (non-hydrogen) atoms. The Morgan fingerprint density at radius 3 is 2.44 bits per heavy atom. The molecule has 0 bridgehead atoms. The van der Waals surface area contributed by atoms with Gasteiger partial charge in [0, 0.05) is 30.8 Å². The van der Waals surface area contributed by atoms with Gasteiger partial charge < -0.3 is 19.4 Å². The molecule has 0 unspecified atom stereocenters. The van der Waals surface area contributed by atoms with Crippen molar-refractivity contribution in [2.45, 2.75) is 65.6 Å². The number of nitrogens with one attached hydrogen (secondary N) is 1. The second-order valence-electron chi connectivity index (χ2n) is 11.6. The number of carbonyl (C=O) groups is 2. The van der Waals surface area contributed by atoms with Crippen LogP contribution in [0, 0.1) is 5.92 Å². The second kappa shape index (κ2) is 12.8. The van der Waals surface area contributed by atoms with E-state index in [0.29, 0.717) is 30.2 Å². The number of aromatic nitrogens is 3. The maximum absolute atomic E-state index is 13.5. The van der Waals surface area contributed by atoms with Crippen LogP contribution in [0.15, 0.2) is 77.6 Å². The Morgan fingerprint density at radius 1 is 1.05 bits per heavy atom. The highest BCUT2D eigenvalue weighted by atomic mass is 16.5. The first-order valence-corrected chi connectivity index (χ1v) is 13.8. The molecule has 2 amide bonds. The number of oxazole rings is 1. The summed E-state index contributed by atoms with van der Waals surface area (Å²) >= 11 is 0. The number of para-hydroxylation sites is 2. The molecule has 1 N–H and O–H groups in total. The Morgan fingerprint density at radius 2 is 1.76 bits per heavy atom.